The number of piperidine rings is 1. The molecule has 150 valence electrons. The zero-order valence-electron chi connectivity index (χ0n) is 16.1. The Bertz CT molecular complexity index is 944. The number of aryl methyl sites for hydroxylation is 1. The monoisotopic (exact) mass is 420 g/mol. The molecular weight excluding hydrogens is 396 g/mol. The van der Waals surface area contributed by atoms with Crippen molar-refractivity contribution in [2.24, 2.45) is 5.92 Å². The van der Waals surface area contributed by atoms with Crippen LogP contribution in [0.2, 0.25) is 5.02 Å². The topological polar surface area (TPSA) is 57.7 Å². The minimum atomic E-state index is -3.91. The maximum absolute atomic E-state index is 13.4. The molecule has 0 bridgehead atoms. The van der Waals surface area contributed by atoms with Gasteiger partial charge in [-0.2, -0.15) is 0 Å². The highest BCUT2D eigenvalue weighted by molar-refractivity contribution is 7.92. The quantitative estimate of drug-likeness (QED) is 0.731. The van der Waals surface area contributed by atoms with Gasteiger partial charge in [0, 0.05) is 18.1 Å². The molecule has 1 fully saturated rings. The number of nitrogens with zero attached hydrogens (tertiary/aromatic N) is 2. The lowest BCUT2D eigenvalue weighted by Crippen LogP contribution is -2.46. The van der Waals surface area contributed by atoms with E-state index in [-0.39, 0.29) is 17.3 Å². The van der Waals surface area contributed by atoms with Gasteiger partial charge in [-0.25, -0.2) is 8.42 Å². The summed E-state index contributed by atoms with van der Waals surface area (Å²) in [5, 5.41) is 0.417. The van der Waals surface area contributed by atoms with Crippen LogP contribution in [0.3, 0.4) is 0 Å². The second kappa shape index (κ2) is 8.53. The summed E-state index contributed by atoms with van der Waals surface area (Å²) in [6.45, 7) is 5.08. The van der Waals surface area contributed by atoms with Crippen LogP contribution in [-0.2, 0) is 14.8 Å². The maximum Gasteiger partial charge on any atom is 0.264 e. The molecule has 1 heterocycles. The second-order valence-electron chi connectivity index (χ2n) is 7.39. The standard InChI is InChI=1S/C21H25ClN2O3S/c1-16-8-10-20(11-9-16)28(26,27)24(19-7-3-6-18(22)13-19)15-21(25)23-12-4-5-17(2)14-23/h3,6-11,13,17H,4-5,12,14-15H2,1-2H3/t17-/m0/s1. The summed E-state index contributed by atoms with van der Waals surface area (Å²) in [5.74, 6) is 0.230. The van der Waals surface area contributed by atoms with E-state index in [4.69, 9.17) is 11.6 Å². The average molecular weight is 421 g/mol. The van der Waals surface area contributed by atoms with Crippen LogP contribution in [-0.4, -0.2) is 38.9 Å². The third kappa shape index (κ3) is 4.67. The van der Waals surface area contributed by atoms with Gasteiger partial charge in [0.05, 0.1) is 10.6 Å². The maximum atomic E-state index is 13.4. The number of hydrogen-bond acceptors (Lipinski definition) is 3. The van der Waals surface area contributed by atoms with Gasteiger partial charge < -0.3 is 4.90 Å². The van der Waals surface area contributed by atoms with Gasteiger partial charge in [0.25, 0.3) is 10.0 Å². The number of carbonyl (C=O) groups is 1. The van der Waals surface area contributed by atoms with Gasteiger partial charge in [-0.3, -0.25) is 9.10 Å². The Labute approximate surface area is 172 Å². The first-order valence-corrected chi connectivity index (χ1v) is 11.2. The molecule has 1 saturated heterocycles. The van der Waals surface area contributed by atoms with Crippen molar-refractivity contribution in [2.45, 2.75) is 31.6 Å². The van der Waals surface area contributed by atoms with Crippen molar-refractivity contribution >= 4 is 33.2 Å². The van der Waals surface area contributed by atoms with E-state index in [1.807, 2.05) is 6.92 Å². The van der Waals surface area contributed by atoms with Crippen LogP contribution in [0.4, 0.5) is 5.69 Å². The van der Waals surface area contributed by atoms with Crippen LogP contribution < -0.4 is 4.31 Å². The molecule has 28 heavy (non-hydrogen) atoms. The predicted octanol–water partition coefficient (Wildman–Crippen LogP) is 4.10. The van der Waals surface area contributed by atoms with Gasteiger partial charge in [-0.1, -0.05) is 42.3 Å². The van der Waals surface area contributed by atoms with Gasteiger partial charge in [-0.05, 0) is 56.0 Å². The molecule has 7 heteroatoms. The molecule has 0 N–H and O–H groups in total. The van der Waals surface area contributed by atoms with E-state index in [0.717, 1.165) is 22.7 Å². The van der Waals surface area contributed by atoms with E-state index >= 15 is 0 Å². The number of amides is 1. The number of benzene rings is 2. The third-order valence-electron chi connectivity index (χ3n) is 4.99. The van der Waals surface area contributed by atoms with Gasteiger partial charge in [-0.15, -0.1) is 0 Å². The highest BCUT2D eigenvalue weighted by Gasteiger charge is 2.30. The molecule has 0 spiro atoms. The number of rotatable bonds is 5. The van der Waals surface area contributed by atoms with Crippen molar-refractivity contribution in [3.63, 3.8) is 0 Å². The molecule has 0 radical (unpaired) electrons. The van der Waals surface area contributed by atoms with Crippen molar-refractivity contribution in [1.29, 1.82) is 0 Å². The second-order valence-corrected chi connectivity index (χ2v) is 9.69. The molecule has 0 aliphatic carbocycles. The molecule has 1 aliphatic rings. The van der Waals surface area contributed by atoms with E-state index in [2.05, 4.69) is 6.92 Å². The molecule has 1 amide bonds. The zero-order valence-corrected chi connectivity index (χ0v) is 17.7. The Morgan fingerprint density at radius 1 is 1.21 bits per heavy atom. The highest BCUT2D eigenvalue weighted by Crippen LogP contribution is 2.27. The van der Waals surface area contributed by atoms with Gasteiger partial charge in [0.2, 0.25) is 5.91 Å². The molecule has 1 atom stereocenters. The van der Waals surface area contributed by atoms with Crippen molar-refractivity contribution in [2.75, 3.05) is 23.9 Å². The van der Waals surface area contributed by atoms with E-state index in [1.165, 1.54) is 0 Å². The van der Waals surface area contributed by atoms with Crippen molar-refractivity contribution in [3.8, 4) is 0 Å². The Balaban J connectivity index is 1.95. The highest BCUT2D eigenvalue weighted by atomic mass is 35.5. The molecular formula is C21H25ClN2O3S. The molecule has 1 aliphatic heterocycles. The largest absolute Gasteiger partial charge is 0.341 e. The predicted molar refractivity (Wildman–Crippen MR) is 112 cm³/mol. The fourth-order valence-corrected chi connectivity index (χ4v) is 5.01. The molecule has 0 aromatic heterocycles. The summed E-state index contributed by atoms with van der Waals surface area (Å²) < 4.78 is 27.9. The summed E-state index contributed by atoms with van der Waals surface area (Å²) in [4.78, 5) is 14.8. The van der Waals surface area contributed by atoms with E-state index in [0.29, 0.717) is 29.7 Å². The first-order valence-electron chi connectivity index (χ1n) is 9.40. The van der Waals surface area contributed by atoms with Crippen molar-refractivity contribution in [3.05, 3.63) is 59.1 Å². The van der Waals surface area contributed by atoms with Crippen LogP contribution in [0.5, 0.6) is 0 Å². The Morgan fingerprint density at radius 2 is 1.93 bits per heavy atom. The van der Waals surface area contributed by atoms with Gasteiger partial charge in [0.15, 0.2) is 0 Å². The molecule has 2 aromatic rings. The summed E-state index contributed by atoms with van der Waals surface area (Å²) >= 11 is 6.09. The van der Waals surface area contributed by atoms with Crippen LogP contribution in [0.25, 0.3) is 0 Å². The fraction of sp³-hybridized carbons (Fsp3) is 0.381. The summed E-state index contributed by atoms with van der Waals surface area (Å²) in [6, 6.07) is 13.2. The van der Waals surface area contributed by atoms with Crippen LogP contribution in [0, 0.1) is 12.8 Å². The van der Waals surface area contributed by atoms with E-state index in [1.54, 1.807) is 53.4 Å². The molecule has 0 saturated carbocycles. The fourth-order valence-electron chi connectivity index (χ4n) is 3.42. The summed E-state index contributed by atoms with van der Waals surface area (Å²) in [7, 11) is -3.91. The summed E-state index contributed by atoms with van der Waals surface area (Å²) in [5.41, 5.74) is 1.35. The smallest absolute Gasteiger partial charge is 0.264 e. The minimum absolute atomic E-state index is 0.151. The molecule has 2 aromatic carbocycles. The number of hydrogen-bond donors (Lipinski definition) is 0. The normalized spacial score (nSPS) is 17.4. The first kappa shape index (κ1) is 20.7. The molecule has 0 unspecified atom stereocenters. The Morgan fingerprint density at radius 3 is 2.57 bits per heavy atom. The zero-order chi connectivity index (χ0) is 20.3. The lowest BCUT2D eigenvalue weighted by Gasteiger charge is -2.33. The lowest BCUT2D eigenvalue weighted by atomic mass is 10.0. The SMILES string of the molecule is Cc1ccc(S(=O)(=O)N(CC(=O)N2CCC[C@H](C)C2)c2cccc(Cl)c2)cc1. The van der Waals surface area contributed by atoms with Crippen molar-refractivity contribution in [1.82, 2.24) is 4.90 Å². The number of anilines is 1. The summed E-state index contributed by atoms with van der Waals surface area (Å²) in [6.07, 6.45) is 2.03. The van der Waals surface area contributed by atoms with Crippen LogP contribution in [0.15, 0.2) is 53.4 Å². The van der Waals surface area contributed by atoms with E-state index in [9.17, 15) is 13.2 Å². The number of sulfonamides is 1. The first-order chi connectivity index (χ1) is 13.3. The number of halogens is 1. The lowest BCUT2D eigenvalue weighted by molar-refractivity contribution is -0.131. The Hall–Kier alpha value is -2.05. The minimum Gasteiger partial charge on any atom is -0.341 e. The average Bonchev–Trinajstić information content (AvgIpc) is 2.66. The Kier molecular flexibility index (Phi) is 6.30. The van der Waals surface area contributed by atoms with Crippen LogP contribution in [0.1, 0.15) is 25.3 Å². The molecule has 3 rings (SSSR count). The van der Waals surface area contributed by atoms with Crippen molar-refractivity contribution < 1.29 is 13.2 Å². The van der Waals surface area contributed by atoms with E-state index < -0.39 is 10.0 Å². The van der Waals surface area contributed by atoms with Crippen LogP contribution >= 0.6 is 11.6 Å². The van der Waals surface area contributed by atoms with Gasteiger partial charge in [0.1, 0.15) is 6.54 Å². The number of likely N-dealkylation sites (tertiary alicyclic amines) is 1. The van der Waals surface area contributed by atoms with Gasteiger partial charge >= 0.3 is 0 Å². The number of carbonyl (C=O) groups excluding carboxylic acids is 1. The third-order valence-corrected chi connectivity index (χ3v) is 7.02. The molecule has 5 nitrogen and oxygen atoms in total.